The van der Waals surface area contributed by atoms with Crippen molar-refractivity contribution < 1.29 is 9.53 Å². The summed E-state index contributed by atoms with van der Waals surface area (Å²) in [6.45, 7) is 11.8. The maximum Gasteiger partial charge on any atom is 0.312 e. The Labute approximate surface area is 169 Å². The lowest BCUT2D eigenvalue weighted by molar-refractivity contribution is -0.150. The van der Waals surface area contributed by atoms with Crippen molar-refractivity contribution in [1.29, 1.82) is 0 Å². The Hall–Kier alpha value is -1.59. The molecule has 1 spiro atoms. The molecular formula is C23H35N3O2. The minimum atomic E-state index is -0.185. The van der Waals surface area contributed by atoms with Gasteiger partial charge in [-0.3, -0.25) is 9.69 Å². The minimum absolute atomic E-state index is 0.0640. The number of benzene rings is 1. The van der Waals surface area contributed by atoms with E-state index in [4.69, 9.17) is 4.74 Å². The van der Waals surface area contributed by atoms with Crippen LogP contribution in [0.3, 0.4) is 0 Å². The molecule has 0 radical (unpaired) electrons. The highest BCUT2D eigenvalue weighted by Crippen LogP contribution is 2.42. The zero-order valence-corrected chi connectivity index (χ0v) is 17.5. The van der Waals surface area contributed by atoms with Crippen LogP contribution in [0, 0.1) is 5.41 Å². The first-order valence-corrected chi connectivity index (χ1v) is 11.1. The Bertz CT molecular complexity index is 676. The molecule has 3 heterocycles. The molecule has 1 aromatic rings. The molecule has 5 heteroatoms. The van der Waals surface area contributed by atoms with Crippen LogP contribution < -0.4 is 10.2 Å². The van der Waals surface area contributed by atoms with Crippen molar-refractivity contribution in [3.63, 3.8) is 0 Å². The molecule has 1 N–H and O–H groups in total. The Morgan fingerprint density at radius 2 is 1.86 bits per heavy atom. The molecule has 3 aliphatic rings. The van der Waals surface area contributed by atoms with E-state index in [1.165, 1.54) is 11.3 Å². The Balaban J connectivity index is 1.26. The molecule has 3 aliphatic heterocycles. The highest BCUT2D eigenvalue weighted by molar-refractivity contribution is 5.79. The molecule has 4 rings (SSSR count). The topological polar surface area (TPSA) is 44.8 Å². The Morgan fingerprint density at radius 1 is 1.14 bits per heavy atom. The second-order valence-electron chi connectivity index (χ2n) is 9.09. The summed E-state index contributed by atoms with van der Waals surface area (Å²) in [6, 6.07) is 8.82. The molecule has 0 aliphatic carbocycles. The molecule has 0 unspecified atom stereocenters. The fraction of sp³-hybridized carbons (Fsp3) is 0.696. The van der Waals surface area contributed by atoms with Crippen molar-refractivity contribution in [3.8, 4) is 0 Å². The van der Waals surface area contributed by atoms with Gasteiger partial charge in [-0.25, -0.2) is 0 Å². The van der Waals surface area contributed by atoms with E-state index >= 15 is 0 Å². The van der Waals surface area contributed by atoms with E-state index in [0.717, 1.165) is 71.5 Å². The molecule has 1 aromatic carbocycles. The third kappa shape index (κ3) is 4.06. The normalized spacial score (nSPS) is 25.5. The van der Waals surface area contributed by atoms with Gasteiger partial charge in [0, 0.05) is 44.8 Å². The van der Waals surface area contributed by atoms with Crippen LogP contribution in [0.4, 0.5) is 5.69 Å². The zero-order chi connectivity index (χ0) is 19.6. The van der Waals surface area contributed by atoms with Crippen LogP contribution in [0.2, 0.25) is 0 Å². The van der Waals surface area contributed by atoms with E-state index in [0.29, 0.717) is 5.92 Å². The molecule has 0 bridgehead atoms. The number of rotatable bonds is 5. The van der Waals surface area contributed by atoms with Gasteiger partial charge in [-0.05, 0) is 49.9 Å². The number of hydrogen-bond donors (Lipinski definition) is 1. The molecule has 5 nitrogen and oxygen atoms in total. The molecule has 154 valence electrons. The number of carbonyl (C=O) groups is 1. The van der Waals surface area contributed by atoms with E-state index in [1.54, 1.807) is 0 Å². The first-order valence-electron chi connectivity index (χ1n) is 11.1. The van der Waals surface area contributed by atoms with E-state index in [-0.39, 0.29) is 17.5 Å². The third-order valence-corrected chi connectivity index (χ3v) is 6.92. The van der Waals surface area contributed by atoms with Crippen molar-refractivity contribution in [2.45, 2.75) is 51.6 Å². The fourth-order valence-electron chi connectivity index (χ4n) is 5.11. The van der Waals surface area contributed by atoms with Crippen LogP contribution >= 0.6 is 0 Å². The predicted octanol–water partition coefficient (Wildman–Crippen LogP) is 3.01. The van der Waals surface area contributed by atoms with Crippen LogP contribution in [0.1, 0.15) is 51.0 Å². The zero-order valence-electron chi connectivity index (χ0n) is 17.5. The van der Waals surface area contributed by atoms with Crippen molar-refractivity contribution >= 4 is 11.7 Å². The standard InChI is InChI=1S/C23H35N3O2/c1-18(2)20-5-3-4-6-21(20)26-15-13-25(14-16-26)12-7-19-17-23(22(27)28-19)8-10-24-11-9-23/h3-6,18-19,24H,7-17H2,1-2H3/t19-/m1/s1. The number of esters is 1. The summed E-state index contributed by atoms with van der Waals surface area (Å²) in [5, 5.41) is 3.36. The van der Waals surface area contributed by atoms with E-state index in [1.807, 2.05) is 0 Å². The lowest BCUT2D eigenvalue weighted by Crippen LogP contribution is -2.47. The number of nitrogens with one attached hydrogen (secondary N) is 1. The highest BCUT2D eigenvalue weighted by Gasteiger charge is 2.49. The average molecular weight is 386 g/mol. The summed E-state index contributed by atoms with van der Waals surface area (Å²) in [6.07, 6.45) is 3.90. The molecule has 1 atom stereocenters. The highest BCUT2D eigenvalue weighted by atomic mass is 16.6. The number of cyclic esters (lactones) is 1. The molecule has 3 fully saturated rings. The molecule has 0 saturated carbocycles. The Morgan fingerprint density at radius 3 is 2.57 bits per heavy atom. The lowest BCUT2D eigenvalue weighted by atomic mass is 9.76. The summed E-state index contributed by atoms with van der Waals surface area (Å²) >= 11 is 0. The maximum absolute atomic E-state index is 12.4. The van der Waals surface area contributed by atoms with Crippen molar-refractivity contribution in [2.75, 3.05) is 50.7 Å². The van der Waals surface area contributed by atoms with Gasteiger partial charge in [0.25, 0.3) is 0 Å². The summed E-state index contributed by atoms with van der Waals surface area (Å²) in [4.78, 5) is 17.5. The largest absolute Gasteiger partial charge is 0.462 e. The predicted molar refractivity (Wildman–Crippen MR) is 113 cm³/mol. The summed E-state index contributed by atoms with van der Waals surface area (Å²) < 4.78 is 5.77. The van der Waals surface area contributed by atoms with Gasteiger partial charge in [0.2, 0.25) is 0 Å². The second-order valence-corrected chi connectivity index (χ2v) is 9.09. The van der Waals surface area contributed by atoms with Gasteiger partial charge in [0.1, 0.15) is 6.10 Å². The average Bonchev–Trinajstić information content (AvgIpc) is 3.02. The Kier molecular flexibility index (Phi) is 5.93. The van der Waals surface area contributed by atoms with Crippen LogP contribution in [0.5, 0.6) is 0 Å². The number of nitrogens with zero attached hydrogens (tertiary/aromatic N) is 2. The number of piperidine rings is 1. The summed E-state index contributed by atoms with van der Waals surface area (Å²) in [7, 11) is 0. The fourth-order valence-corrected chi connectivity index (χ4v) is 5.11. The van der Waals surface area contributed by atoms with Gasteiger partial charge in [-0.1, -0.05) is 32.0 Å². The number of anilines is 1. The van der Waals surface area contributed by atoms with Crippen LogP contribution in [-0.4, -0.2) is 62.8 Å². The second kappa shape index (κ2) is 8.42. The summed E-state index contributed by atoms with van der Waals surface area (Å²) in [5.41, 5.74) is 2.66. The molecule has 0 aromatic heterocycles. The van der Waals surface area contributed by atoms with E-state index in [9.17, 15) is 4.79 Å². The lowest BCUT2D eigenvalue weighted by Gasteiger charge is -2.37. The van der Waals surface area contributed by atoms with Crippen LogP contribution in [0.15, 0.2) is 24.3 Å². The van der Waals surface area contributed by atoms with Crippen LogP contribution in [0.25, 0.3) is 0 Å². The molecular weight excluding hydrogens is 350 g/mol. The first-order chi connectivity index (χ1) is 13.6. The third-order valence-electron chi connectivity index (χ3n) is 6.92. The minimum Gasteiger partial charge on any atom is -0.462 e. The van der Waals surface area contributed by atoms with Gasteiger partial charge in [-0.2, -0.15) is 0 Å². The maximum atomic E-state index is 12.4. The van der Waals surface area contributed by atoms with E-state index in [2.05, 4.69) is 53.2 Å². The number of para-hydroxylation sites is 1. The monoisotopic (exact) mass is 385 g/mol. The number of hydrogen-bond acceptors (Lipinski definition) is 5. The van der Waals surface area contributed by atoms with Crippen LogP contribution in [-0.2, 0) is 9.53 Å². The van der Waals surface area contributed by atoms with Crippen molar-refractivity contribution in [3.05, 3.63) is 29.8 Å². The van der Waals surface area contributed by atoms with Gasteiger partial charge < -0.3 is 15.0 Å². The van der Waals surface area contributed by atoms with Crippen molar-refractivity contribution in [1.82, 2.24) is 10.2 Å². The van der Waals surface area contributed by atoms with Gasteiger partial charge in [0.05, 0.1) is 5.41 Å². The molecule has 28 heavy (non-hydrogen) atoms. The molecule has 0 amide bonds. The van der Waals surface area contributed by atoms with Gasteiger partial charge in [-0.15, -0.1) is 0 Å². The molecule has 3 saturated heterocycles. The van der Waals surface area contributed by atoms with Crippen molar-refractivity contribution in [2.24, 2.45) is 5.41 Å². The number of ether oxygens (including phenoxy) is 1. The smallest absolute Gasteiger partial charge is 0.312 e. The SMILES string of the molecule is CC(C)c1ccccc1N1CCN(CC[C@@H]2CC3(CCNCC3)C(=O)O2)CC1. The van der Waals surface area contributed by atoms with Gasteiger partial charge >= 0.3 is 5.97 Å². The van der Waals surface area contributed by atoms with E-state index < -0.39 is 0 Å². The quantitative estimate of drug-likeness (QED) is 0.790. The van der Waals surface area contributed by atoms with Gasteiger partial charge in [0.15, 0.2) is 0 Å². The number of carbonyl (C=O) groups excluding carboxylic acids is 1. The first kappa shape index (κ1) is 19.7. The number of piperazine rings is 1. The summed E-state index contributed by atoms with van der Waals surface area (Å²) in [5.74, 6) is 0.614.